The third kappa shape index (κ3) is 78.4. The van der Waals surface area contributed by atoms with Gasteiger partial charge in [-0.3, -0.25) is 0 Å². The number of halogens is 1. The molecule has 0 aliphatic carbocycles. The van der Waals surface area contributed by atoms with Crippen LogP contribution in [0.2, 0.25) is 0 Å². The van der Waals surface area contributed by atoms with Crippen LogP contribution in [0.25, 0.3) is 0 Å². The van der Waals surface area contributed by atoms with Crippen molar-refractivity contribution in [2.45, 2.75) is 0 Å². The van der Waals surface area contributed by atoms with Gasteiger partial charge in [0.25, 0.3) is 0 Å². The van der Waals surface area contributed by atoms with E-state index >= 15 is 0 Å². The molecule has 0 unspecified atom stereocenters. The van der Waals surface area contributed by atoms with Crippen LogP contribution < -0.4 is 5.73 Å². The summed E-state index contributed by atoms with van der Waals surface area (Å²) in [5.41, 5.74) is 4.50. The molecule has 0 heterocycles. The van der Waals surface area contributed by atoms with Crippen LogP contribution >= 0.6 is 12.4 Å². The average molecular weight is 130 g/mol. The van der Waals surface area contributed by atoms with E-state index in [-0.39, 0.29) is 25.6 Å². The third-order valence-corrected chi connectivity index (χ3v) is 0.1000. The SMILES string of the molecule is CN.Cl.OCCO. The Morgan fingerprint density at radius 2 is 1.29 bits per heavy atom. The summed E-state index contributed by atoms with van der Waals surface area (Å²) < 4.78 is 0. The average Bonchev–Trinajstić information content (AvgIpc) is 1.72. The topological polar surface area (TPSA) is 66.5 Å². The van der Waals surface area contributed by atoms with Gasteiger partial charge in [-0.05, 0) is 7.05 Å². The lowest BCUT2D eigenvalue weighted by Gasteiger charge is -1.70. The van der Waals surface area contributed by atoms with Gasteiger partial charge in [0.15, 0.2) is 0 Å². The van der Waals surface area contributed by atoms with Crippen LogP contribution in [0.5, 0.6) is 0 Å². The lowest BCUT2D eigenvalue weighted by molar-refractivity contribution is 0.186. The molecule has 0 aliphatic heterocycles. The molecule has 7 heavy (non-hydrogen) atoms. The summed E-state index contributed by atoms with van der Waals surface area (Å²) in [7, 11) is 1.50. The molecular formula is C3H12ClNO2. The molecule has 3 nitrogen and oxygen atoms in total. The summed E-state index contributed by atoms with van der Waals surface area (Å²) in [5, 5.41) is 15.2. The molecule has 48 valence electrons. The van der Waals surface area contributed by atoms with Gasteiger partial charge in [-0.25, -0.2) is 0 Å². The second-order valence-electron chi connectivity index (χ2n) is 0.447. The van der Waals surface area contributed by atoms with E-state index in [0.717, 1.165) is 0 Å². The minimum absolute atomic E-state index is 0. The Hall–Kier alpha value is 0.170. The first-order chi connectivity index (χ1) is 2.91. The maximum atomic E-state index is 7.62. The minimum Gasteiger partial charge on any atom is -0.394 e. The first kappa shape index (κ1) is 15.7. The smallest absolute Gasteiger partial charge is 0.0662 e. The molecule has 0 bridgehead atoms. The van der Waals surface area contributed by atoms with Gasteiger partial charge in [-0.15, -0.1) is 12.4 Å². The van der Waals surface area contributed by atoms with Gasteiger partial charge in [0, 0.05) is 0 Å². The highest BCUT2D eigenvalue weighted by atomic mass is 35.5. The van der Waals surface area contributed by atoms with E-state index < -0.39 is 0 Å². The lowest BCUT2D eigenvalue weighted by Crippen LogP contribution is -1.85. The van der Waals surface area contributed by atoms with Gasteiger partial charge in [-0.2, -0.15) is 0 Å². The highest BCUT2D eigenvalue weighted by molar-refractivity contribution is 5.85. The van der Waals surface area contributed by atoms with Crippen LogP contribution in [-0.4, -0.2) is 30.5 Å². The van der Waals surface area contributed by atoms with Gasteiger partial charge in [0.05, 0.1) is 13.2 Å². The molecule has 0 aromatic rings. The van der Waals surface area contributed by atoms with Crippen molar-refractivity contribution in [3.63, 3.8) is 0 Å². The molecule has 0 atom stereocenters. The van der Waals surface area contributed by atoms with Crippen LogP contribution in [0.15, 0.2) is 0 Å². The van der Waals surface area contributed by atoms with Crippen LogP contribution in [0.3, 0.4) is 0 Å². The largest absolute Gasteiger partial charge is 0.394 e. The molecule has 0 amide bonds. The van der Waals surface area contributed by atoms with E-state index in [1.54, 1.807) is 0 Å². The minimum atomic E-state index is -0.125. The molecule has 0 aromatic heterocycles. The molecule has 0 aliphatic rings. The van der Waals surface area contributed by atoms with Crippen molar-refractivity contribution in [1.29, 1.82) is 0 Å². The van der Waals surface area contributed by atoms with E-state index in [1.165, 1.54) is 7.05 Å². The maximum Gasteiger partial charge on any atom is 0.0662 e. The summed E-state index contributed by atoms with van der Waals surface area (Å²) in [5.74, 6) is 0. The van der Waals surface area contributed by atoms with Crippen LogP contribution in [0, 0.1) is 0 Å². The Bertz CT molecular complexity index is 14.9. The fourth-order valence-electron chi connectivity index (χ4n) is 0. The van der Waals surface area contributed by atoms with Crippen LogP contribution in [-0.2, 0) is 0 Å². The summed E-state index contributed by atoms with van der Waals surface area (Å²) in [6.45, 7) is -0.250. The normalized spacial score (nSPS) is 5.14. The third-order valence-electron chi connectivity index (χ3n) is 0.1000. The highest BCUT2D eigenvalue weighted by Gasteiger charge is 1.58. The Labute approximate surface area is 49.6 Å². The summed E-state index contributed by atoms with van der Waals surface area (Å²) in [4.78, 5) is 0. The first-order valence-corrected chi connectivity index (χ1v) is 1.71. The highest BCUT2D eigenvalue weighted by Crippen LogP contribution is 1.39. The zero-order valence-electron chi connectivity index (χ0n) is 4.29. The molecule has 0 saturated carbocycles. The summed E-state index contributed by atoms with van der Waals surface area (Å²) in [6.07, 6.45) is 0. The number of nitrogens with two attached hydrogens (primary N) is 1. The van der Waals surface area contributed by atoms with Crippen LogP contribution in [0.4, 0.5) is 0 Å². The molecule has 0 fully saturated rings. The van der Waals surface area contributed by atoms with Crippen molar-refractivity contribution in [3.05, 3.63) is 0 Å². The monoisotopic (exact) mass is 129 g/mol. The molecule has 0 spiro atoms. The summed E-state index contributed by atoms with van der Waals surface area (Å²) in [6, 6.07) is 0. The van der Waals surface area contributed by atoms with Gasteiger partial charge < -0.3 is 15.9 Å². The van der Waals surface area contributed by atoms with Crippen molar-refractivity contribution in [2.75, 3.05) is 20.3 Å². The second-order valence-corrected chi connectivity index (χ2v) is 0.447. The molecule has 0 aromatic carbocycles. The van der Waals surface area contributed by atoms with E-state index in [1.807, 2.05) is 0 Å². The predicted molar refractivity (Wildman–Crippen MR) is 31.5 cm³/mol. The summed E-state index contributed by atoms with van der Waals surface area (Å²) >= 11 is 0. The van der Waals surface area contributed by atoms with Crippen molar-refractivity contribution < 1.29 is 10.2 Å². The maximum absolute atomic E-state index is 7.62. The van der Waals surface area contributed by atoms with Gasteiger partial charge in [0.1, 0.15) is 0 Å². The Balaban J connectivity index is -0.0000000480. The van der Waals surface area contributed by atoms with E-state index in [0.29, 0.717) is 0 Å². The number of aliphatic hydroxyl groups excluding tert-OH is 2. The first-order valence-electron chi connectivity index (χ1n) is 1.71. The molecule has 4 heteroatoms. The number of aliphatic hydroxyl groups is 2. The van der Waals surface area contributed by atoms with E-state index in [4.69, 9.17) is 10.2 Å². The zero-order valence-corrected chi connectivity index (χ0v) is 5.11. The van der Waals surface area contributed by atoms with E-state index in [9.17, 15) is 0 Å². The molecular weight excluding hydrogens is 117 g/mol. The Morgan fingerprint density at radius 1 is 1.14 bits per heavy atom. The van der Waals surface area contributed by atoms with Crippen LogP contribution in [0.1, 0.15) is 0 Å². The van der Waals surface area contributed by atoms with Gasteiger partial charge in [-0.1, -0.05) is 0 Å². The Kier molecular flexibility index (Phi) is 78.5. The fraction of sp³-hybridized carbons (Fsp3) is 1.00. The molecule has 0 rings (SSSR count). The quantitative estimate of drug-likeness (QED) is 0.424. The van der Waals surface area contributed by atoms with Crippen molar-refractivity contribution in [1.82, 2.24) is 0 Å². The van der Waals surface area contributed by atoms with Gasteiger partial charge >= 0.3 is 0 Å². The van der Waals surface area contributed by atoms with Crippen molar-refractivity contribution in [2.24, 2.45) is 5.73 Å². The fourth-order valence-corrected chi connectivity index (χ4v) is 0. The zero-order chi connectivity index (χ0) is 5.41. The molecule has 4 N–H and O–H groups in total. The van der Waals surface area contributed by atoms with Crippen molar-refractivity contribution in [3.8, 4) is 0 Å². The van der Waals surface area contributed by atoms with Crippen molar-refractivity contribution >= 4 is 12.4 Å². The number of rotatable bonds is 1. The molecule has 0 radical (unpaired) electrons. The Morgan fingerprint density at radius 3 is 1.29 bits per heavy atom. The number of hydrogen-bond acceptors (Lipinski definition) is 3. The molecule has 0 saturated heterocycles. The van der Waals surface area contributed by atoms with E-state index in [2.05, 4.69) is 5.73 Å². The standard InChI is InChI=1S/C2H6O2.CH5N.ClH/c3-1-2-4;1-2;/h3-4H,1-2H2;2H2,1H3;1H. The predicted octanol–water partition coefficient (Wildman–Crippen LogP) is -1.03. The number of hydrogen-bond donors (Lipinski definition) is 3. The lowest BCUT2D eigenvalue weighted by atomic mass is 10.8. The second kappa shape index (κ2) is 35.0. The van der Waals surface area contributed by atoms with Gasteiger partial charge in [0.2, 0.25) is 0 Å².